The molecule has 0 saturated heterocycles. The fourth-order valence-corrected chi connectivity index (χ4v) is 2.61. The van der Waals surface area contributed by atoms with Crippen molar-refractivity contribution in [1.29, 1.82) is 0 Å². The standard InChI is InChI=1S/C17H19N5O/c1-17(2,3)16-21-12(13-14(18)20-7-8-22(13)16)10-5-4-6-11(9-10)15(19)23/h4-9H,1-3H3,(H2,18,20)(H2,19,23). The number of fused-ring (bicyclic) bond motifs is 1. The third-order valence-corrected chi connectivity index (χ3v) is 3.67. The van der Waals surface area contributed by atoms with Crippen LogP contribution in [-0.4, -0.2) is 20.3 Å². The molecule has 0 saturated carbocycles. The van der Waals surface area contributed by atoms with Crippen LogP contribution in [-0.2, 0) is 5.41 Å². The molecule has 0 aliphatic heterocycles. The van der Waals surface area contributed by atoms with E-state index in [9.17, 15) is 4.79 Å². The number of primary amides is 1. The van der Waals surface area contributed by atoms with Gasteiger partial charge >= 0.3 is 0 Å². The van der Waals surface area contributed by atoms with Gasteiger partial charge in [0.05, 0.1) is 0 Å². The molecule has 2 aromatic heterocycles. The van der Waals surface area contributed by atoms with Gasteiger partial charge in [-0.15, -0.1) is 0 Å². The number of aromatic nitrogens is 3. The SMILES string of the molecule is CC(C)(C)c1nc(-c2cccc(C(N)=O)c2)c2c(N)nccn12. The Hall–Kier alpha value is -2.89. The maximum Gasteiger partial charge on any atom is 0.248 e. The van der Waals surface area contributed by atoms with Crippen LogP contribution >= 0.6 is 0 Å². The summed E-state index contributed by atoms with van der Waals surface area (Å²) in [5.41, 5.74) is 13.9. The molecule has 6 nitrogen and oxygen atoms in total. The summed E-state index contributed by atoms with van der Waals surface area (Å²) in [7, 11) is 0. The van der Waals surface area contributed by atoms with E-state index in [1.165, 1.54) is 0 Å². The summed E-state index contributed by atoms with van der Waals surface area (Å²) in [5.74, 6) is 0.800. The van der Waals surface area contributed by atoms with E-state index in [4.69, 9.17) is 16.5 Å². The Morgan fingerprint density at radius 1 is 1.26 bits per heavy atom. The van der Waals surface area contributed by atoms with E-state index in [2.05, 4.69) is 25.8 Å². The number of nitrogens with two attached hydrogens (primary N) is 2. The second-order valence-corrected chi connectivity index (χ2v) is 6.51. The molecule has 0 aliphatic rings. The normalized spacial score (nSPS) is 11.8. The maximum atomic E-state index is 11.4. The number of nitrogen functional groups attached to an aromatic ring is 1. The second kappa shape index (κ2) is 5.08. The Balaban J connectivity index is 2.34. The Morgan fingerprint density at radius 3 is 2.65 bits per heavy atom. The summed E-state index contributed by atoms with van der Waals surface area (Å²) in [6.07, 6.45) is 3.50. The molecular weight excluding hydrogens is 290 g/mol. The van der Waals surface area contributed by atoms with Crippen molar-refractivity contribution in [1.82, 2.24) is 14.4 Å². The first-order valence-electron chi connectivity index (χ1n) is 7.32. The summed E-state index contributed by atoms with van der Waals surface area (Å²) >= 11 is 0. The zero-order valence-electron chi connectivity index (χ0n) is 13.4. The minimum Gasteiger partial charge on any atom is -0.382 e. The van der Waals surface area contributed by atoms with E-state index in [0.29, 0.717) is 17.1 Å². The van der Waals surface area contributed by atoms with Gasteiger partial charge in [-0.25, -0.2) is 9.97 Å². The number of carbonyl (C=O) groups is 1. The highest BCUT2D eigenvalue weighted by atomic mass is 16.1. The smallest absolute Gasteiger partial charge is 0.248 e. The maximum absolute atomic E-state index is 11.4. The van der Waals surface area contributed by atoms with Crippen LogP contribution in [0.25, 0.3) is 16.8 Å². The van der Waals surface area contributed by atoms with E-state index in [1.54, 1.807) is 24.4 Å². The predicted octanol–water partition coefficient (Wildman–Crippen LogP) is 2.37. The van der Waals surface area contributed by atoms with Gasteiger partial charge in [0.1, 0.15) is 22.9 Å². The largest absolute Gasteiger partial charge is 0.382 e. The van der Waals surface area contributed by atoms with Gasteiger partial charge in [-0.1, -0.05) is 32.9 Å². The lowest BCUT2D eigenvalue weighted by Crippen LogP contribution is -2.16. The first kappa shape index (κ1) is 15.0. The van der Waals surface area contributed by atoms with Gasteiger partial charge in [-0.2, -0.15) is 0 Å². The minimum atomic E-state index is -0.475. The monoisotopic (exact) mass is 309 g/mol. The summed E-state index contributed by atoms with van der Waals surface area (Å²) in [6.45, 7) is 6.26. The van der Waals surface area contributed by atoms with Crippen LogP contribution in [0.3, 0.4) is 0 Å². The van der Waals surface area contributed by atoms with Crippen molar-refractivity contribution in [2.75, 3.05) is 5.73 Å². The summed E-state index contributed by atoms with van der Waals surface area (Å²) in [4.78, 5) is 20.4. The van der Waals surface area contributed by atoms with Crippen LogP contribution in [0.4, 0.5) is 5.82 Å². The lowest BCUT2D eigenvalue weighted by molar-refractivity contribution is 0.100. The lowest BCUT2D eigenvalue weighted by atomic mass is 9.96. The molecule has 2 heterocycles. The van der Waals surface area contributed by atoms with E-state index < -0.39 is 5.91 Å². The number of amides is 1. The summed E-state index contributed by atoms with van der Waals surface area (Å²) in [6, 6.07) is 7.07. The average molecular weight is 309 g/mol. The molecule has 0 unspecified atom stereocenters. The van der Waals surface area contributed by atoms with Crippen LogP contribution in [0.5, 0.6) is 0 Å². The molecule has 4 N–H and O–H groups in total. The first-order valence-corrected chi connectivity index (χ1v) is 7.32. The fourth-order valence-electron chi connectivity index (χ4n) is 2.61. The van der Waals surface area contributed by atoms with E-state index in [1.807, 2.05) is 16.7 Å². The zero-order valence-corrected chi connectivity index (χ0v) is 13.4. The molecule has 0 fully saturated rings. The minimum absolute atomic E-state index is 0.170. The highest BCUT2D eigenvalue weighted by molar-refractivity contribution is 5.95. The highest BCUT2D eigenvalue weighted by Crippen LogP contribution is 2.32. The van der Waals surface area contributed by atoms with Gasteiger partial charge in [-0.05, 0) is 12.1 Å². The van der Waals surface area contributed by atoms with Crippen LogP contribution < -0.4 is 11.5 Å². The molecule has 3 aromatic rings. The second-order valence-electron chi connectivity index (χ2n) is 6.51. The van der Waals surface area contributed by atoms with Gasteiger partial charge in [0.15, 0.2) is 0 Å². The molecule has 118 valence electrons. The summed E-state index contributed by atoms with van der Waals surface area (Å²) in [5, 5.41) is 0. The van der Waals surface area contributed by atoms with Crippen molar-refractivity contribution < 1.29 is 4.79 Å². The van der Waals surface area contributed by atoms with Crippen LogP contribution in [0.2, 0.25) is 0 Å². The summed E-state index contributed by atoms with van der Waals surface area (Å²) < 4.78 is 1.95. The number of nitrogens with zero attached hydrogens (tertiary/aromatic N) is 3. The number of hydrogen-bond donors (Lipinski definition) is 2. The Bertz CT molecular complexity index is 905. The average Bonchev–Trinajstić information content (AvgIpc) is 2.88. The number of carbonyl (C=O) groups excluding carboxylic acids is 1. The van der Waals surface area contributed by atoms with Crippen LogP contribution in [0, 0.1) is 0 Å². The molecule has 3 rings (SSSR count). The molecule has 0 spiro atoms. The zero-order chi connectivity index (χ0) is 16.8. The van der Waals surface area contributed by atoms with Gasteiger partial charge in [0.25, 0.3) is 0 Å². The number of anilines is 1. The van der Waals surface area contributed by atoms with E-state index in [-0.39, 0.29) is 5.41 Å². The molecule has 0 radical (unpaired) electrons. The Labute approximate surface area is 134 Å². The van der Waals surface area contributed by atoms with E-state index in [0.717, 1.165) is 16.9 Å². The lowest BCUT2D eigenvalue weighted by Gasteiger charge is -2.16. The third kappa shape index (κ3) is 2.52. The van der Waals surface area contributed by atoms with Crippen molar-refractivity contribution >= 4 is 17.2 Å². The fraction of sp³-hybridized carbons (Fsp3) is 0.235. The van der Waals surface area contributed by atoms with Crippen molar-refractivity contribution in [2.45, 2.75) is 26.2 Å². The van der Waals surface area contributed by atoms with Gasteiger partial charge in [0, 0.05) is 28.9 Å². The van der Waals surface area contributed by atoms with Crippen molar-refractivity contribution in [3.63, 3.8) is 0 Å². The molecule has 0 atom stereocenters. The van der Waals surface area contributed by atoms with Gasteiger partial charge in [-0.3, -0.25) is 9.20 Å². The van der Waals surface area contributed by atoms with Crippen molar-refractivity contribution in [2.24, 2.45) is 5.73 Å². The van der Waals surface area contributed by atoms with Crippen molar-refractivity contribution in [3.8, 4) is 11.3 Å². The molecule has 1 amide bonds. The molecule has 6 heteroatoms. The number of hydrogen-bond acceptors (Lipinski definition) is 4. The van der Waals surface area contributed by atoms with Gasteiger partial charge < -0.3 is 11.5 Å². The molecule has 0 bridgehead atoms. The third-order valence-electron chi connectivity index (χ3n) is 3.67. The van der Waals surface area contributed by atoms with Crippen molar-refractivity contribution in [3.05, 3.63) is 48.0 Å². The topological polar surface area (TPSA) is 99.3 Å². The van der Waals surface area contributed by atoms with Crippen LogP contribution in [0.15, 0.2) is 36.7 Å². The first-order chi connectivity index (χ1) is 10.8. The number of benzene rings is 1. The molecule has 23 heavy (non-hydrogen) atoms. The molecule has 0 aliphatic carbocycles. The quantitative estimate of drug-likeness (QED) is 0.759. The number of imidazole rings is 1. The van der Waals surface area contributed by atoms with Crippen LogP contribution in [0.1, 0.15) is 37.0 Å². The molecular formula is C17H19N5O. The van der Waals surface area contributed by atoms with Gasteiger partial charge in [0.2, 0.25) is 5.91 Å². The Morgan fingerprint density at radius 2 is 2.00 bits per heavy atom. The highest BCUT2D eigenvalue weighted by Gasteiger charge is 2.24. The molecule has 1 aromatic carbocycles. The predicted molar refractivity (Wildman–Crippen MR) is 90.1 cm³/mol. The Kier molecular flexibility index (Phi) is 3.32. The van der Waals surface area contributed by atoms with E-state index >= 15 is 0 Å². The number of rotatable bonds is 2.